The number of rotatable bonds is 6. The molecule has 2 fully saturated rings. The fraction of sp³-hybridized carbons (Fsp3) is 0.440. The van der Waals surface area contributed by atoms with Crippen molar-refractivity contribution in [2.45, 2.75) is 39.0 Å². The molecule has 4 nitrogen and oxygen atoms in total. The number of nitrogens with one attached hydrogen (secondary N) is 1. The molecule has 0 aromatic heterocycles. The Kier molecular flexibility index (Phi) is 5.98. The summed E-state index contributed by atoms with van der Waals surface area (Å²) in [5.41, 5.74) is 3.44. The fourth-order valence-corrected chi connectivity index (χ4v) is 4.36. The van der Waals surface area contributed by atoms with E-state index in [2.05, 4.69) is 36.5 Å². The predicted molar refractivity (Wildman–Crippen MR) is 115 cm³/mol. The van der Waals surface area contributed by atoms with Crippen molar-refractivity contribution in [3.05, 3.63) is 65.7 Å². The van der Waals surface area contributed by atoms with E-state index >= 15 is 0 Å². The average Bonchev–Trinajstić information content (AvgIpc) is 3.56. The Labute approximate surface area is 173 Å². The van der Waals surface area contributed by atoms with Crippen LogP contribution in [0.3, 0.4) is 0 Å². The highest BCUT2D eigenvalue weighted by molar-refractivity contribution is 5.99. The number of carbonyl (C=O) groups excluding carboxylic acids is 2. The number of piperidine rings is 1. The van der Waals surface area contributed by atoms with Gasteiger partial charge in [0.05, 0.1) is 11.8 Å². The molecule has 0 spiro atoms. The quantitative estimate of drug-likeness (QED) is 0.799. The number of likely N-dealkylation sites (tertiary alicyclic amines) is 1. The molecule has 2 aliphatic rings. The molecular formula is C25H30N2O2. The molecule has 1 saturated carbocycles. The van der Waals surface area contributed by atoms with Gasteiger partial charge in [0.15, 0.2) is 0 Å². The van der Waals surface area contributed by atoms with Crippen LogP contribution in [0.4, 0.5) is 5.69 Å². The van der Waals surface area contributed by atoms with Gasteiger partial charge in [-0.1, -0.05) is 49.4 Å². The number of hydrogen-bond donors (Lipinski definition) is 1. The first-order chi connectivity index (χ1) is 14.1. The zero-order valence-electron chi connectivity index (χ0n) is 17.1. The molecule has 29 heavy (non-hydrogen) atoms. The second kappa shape index (κ2) is 8.81. The highest BCUT2D eigenvalue weighted by atomic mass is 16.2. The molecule has 1 heterocycles. The summed E-state index contributed by atoms with van der Waals surface area (Å²) >= 11 is 0. The molecule has 2 unspecified atom stereocenters. The maximum atomic E-state index is 12.8. The molecule has 152 valence electrons. The van der Waals surface area contributed by atoms with Crippen LogP contribution in [0.2, 0.25) is 0 Å². The largest absolute Gasteiger partial charge is 0.342 e. The number of nitrogens with zero attached hydrogens (tertiary/aromatic N) is 1. The molecule has 0 bridgehead atoms. The number of hydrogen-bond acceptors (Lipinski definition) is 2. The van der Waals surface area contributed by atoms with Gasteiger partial charge < -0.3 is 10.2 Å². The van der Waals surface area contributed by atoms with Gasteiger partial charge >= 0.3 is 0 Å². The standard InChI is InChI=1S/C25H30N2O2/c1-2-18-8-10-21(11-9-18)26-24(28)22-17-23(22)25(29)27-14-12-20(13-15-27)16-19-6-4-3-5-7-19/h3-11,20,22-23H,2,12-17H2,1H3,(H,26,28). The minimum Gasteiger partial charge on any atom is -0.342 e. The Morgan fingerprint density at radius 3 is 2.28 bits per heavy atom. The molecule has 1 aliphatic carbocycles. The maximum Gasteiger partial charge on any atom is 0.228 e. The van der Waals surface area contributed by atoms with Crippen LogP contribution in [0.15, 0.2) is 54.6 Å². The van der Waals surface area contributed by atoms with Gasteiger partial charge in [0.2, 0.25) is 11.8 Å². The van der Waals surface area contributed by atoms with E-state index in [9.17, 15) is 9.59 Å². The summed E-state index contributed by atoms with van der Waals surface area (Å²) in [6.07, 6.45) is 4.85. The van der Waals surface area contributed by atoms with Crippen molar-refractivity contribution < 1.29 is 9.59 Å². The van der Waals surface area contributed by atoms with Gasteiger partial charge in [0.1, 0.15) is 0 Å². The van der Waals surface area contributed by atoms with E-state index in [1.165, 1.54) is 11.1 Å². The van der Waals surface area contributed by atoms with Crippen LogP contribution in [-0.2, 0) is 22.4 Å². The summed E-state index contributed by atoms with van der Waals surface area (Å²) in [6, 6.07) is 18.5. The fourth-order valence-electron chi connectivity index (χ4n) is 4.36. The van der Waals surface area contributed by atoms with Gasteiger partial charge in [-0.3, -0.25) is 9.59 Å². The van der Waals surface area contributed by atoms with Crippen molar-refractivity contribution in [3.8, 4) is 0 Å². The summed E-state index contributed by atoms with van der Waals surface area (Å²) in [7, 11) is 0. The van der Waals surface area contributed by atoms with Gasteiger partial charge in [-0.25, -0.2) is 0 Å². The minimum atomic E-state index is -0.171. The smallest absolute Gasteiger partial charge is 0.228 e. The number of anilines is 1. The zero-order chi connectivity index (χ0) is 20.2. The summed E-state index contributed by atoms with van der Waals surface area (Å²) in [6.45, 7) is 3.75. The van der Waals surface area contributed by atoms with Gasteiger partial charge in [-0.2, -0.15) is 0 Å². The second-order valence-electron chi connectivity index (χ2n) is 8.45. The van der Waals surface area contributed by atoms with Crippen LogP contribution < -0.4 is 5.32 Å². The topological polar surface area (TPSA) is 49.4 Å². The third-order valence-electron chi connectivity index (χ3n) is 6.37. The predicted octanol–water partition coefficient (Wildman–Crippen LogP) is 4.30. The summed E-state index contributed by atoms with van der Waals surface area (Å²) in [5.74, 6) is 0.494. The lowest BCUT2D eigenvalue weighted by Crippen LogP contribution is -2.40. The van der Waals surface area contributed by atoms with Crippen LogP contribution in [0.5, 0.6) is 0 Å². The molecule has 2 amide bonds. The first-order valence-corrected chi connectivity index (χ1v) is 10.9. The molecular weight excluding hydrogens is 360 g/mol. The normalized spacial score (nSPS) is 21.6. The summed E-state index contributed by atoms with van der Waals surface area (Å²) in [5, 5.41) is 2.97. The lowest BCUT2D eigenvalue weighted by Gasteiger charge is -2.32. The minimum absolute atomic E-state index is 0.0217. The molecule has 1 saturated heterocycles. The highest BCUT2D eigenvalue weighted by Gasteiger charge is 2.49. The monoisotopic (exact) mass is 390 g/mol. The highest BCUT2D eigenvalue weighted by Crippen LogP contribution is 2.41. The van der Waals surface area contributed by atoms with E-state index in [0.717, 1.165) is 44.5 Å². The third-order valence-corrected chi connectivity index (χ3v) is 6.37. The first kappa shape index (κ1) is 19.7. The van der Waals surface area contributed by atoms with E-state index in [1.807, 2.05) is 35.2 Å². The van der Waals surface area contributed by atoms with E-state index in [0.29, 0.717) is 12.3 Å². The van der Waals surface area contributed by atoms with Gasteiger partial charge in [0, 0.05) is 18.8 Å². The molecule has 2 aromatic carbocycles. The summed E-state index contributed by atoms with van der Waals surface area (Å²) < 4.78 is 0. The maximum absolute atomic E-state index is 12.8. The van der Waals surface area contributed by atoms with E-state index < -0.39 is 0 Å². The lowest BCUT2D eigenvalue weighted by atomic mass is 9.90. The Balaban J connectivity index is 1.23. The SMILES string of the molecule is CCc1ccc(NC(=O)C2CC2C(=O)N2CCC(Cc3ccccc3)CC2)cc1. The first-order valence-electron chi connectivity index (χ1n) is 10.9. The third kappa shape index (κ3) is 4.87. The Hall–Kier alpha value is -2.62. The van der Waals surface area contributed by atoms with Crippen LogP contribution >= 0.6 is 0 Å². The molecule has 4 rings (SSSR count). The number of amides is 2. The van der Waals surface area contributed by atoms with E-state index in [1.54, 1.807) is 0 Å². The molecule has 4 heteroatoms. The van der Waals surface area contributed by atoms with Crippen LogP contribution in [0.1, 0.15) is 37.3 Å². The van der Waals surface area contributed by atoms with Gasteiger partial charge in [0.25, 0.3) is 0 Å². The molecule has 2 aromatic rings. The van der Waals surface area contributed by atoms with Gasteiger partial charge in [-0.15, -0.1) is 0 Å². The molecule has 1 N–H and O–H groups in total. The van der Waals surface area contributed by atoms with Crippen molar-refractivity contribution in [2.24, 2.45) is 17.8 Å². The average molecular weight is 391 g/mol. The van der Waals surface area contributed by atoms with Crippen molar-refractivity contribution in [2.75, 3.05) is 18.4 Å². The van der Waals surface area contributed by atoms with Crippen molar-refractivity contribution >= 4 is 17.5 Å². The lowest BCUT2D eigenvalue weighted by molar-refractivity contribution is -0.135. The van der Waals surface area contributed by atoms with Crippen molar-refractivity contribution in [3.63, 3.8) is 0 Å². The Morgan fingerprint density at radius 1 is 0.931 bits per heavy atom. The van der Waals surface area contributed by atoms with Crippen LogP contribution in [0, 0.1) is 17.8 Å². The van der Waals surface area contributed by atoms with Crippen LogP contribution in [0.25, 0.3) is 0 Å². The van der Waals surface area contributed by atoms with E-state index in [-0.39, 0.29) is 23.7 Å². The number of benzene rings is 2. The van der Waals surface area contributed by atoms with Crippen molar-refractivity contribution in [1.82, 2.24) is 4.90 Å². The molecule has 0 radical (unpaired) electrons. The van der Waals surface area contributed by atoms with Crippen LogP contribution in [-0.4, -0.2) is 29.8 Å². The van der Waals surface area contributed by atoms with Crippen molar-refractivity contribution in [1.29, 1.82) is 0 Å². The Bertz CT molecular complexity index is 839. The second-order valence-corrected chi connectivity index (χ2v) is 8.45. The van der Waals surface area contributed by atoms with E-state index in [4.69, 9.17) is 0 Å². The van der Waals surface area contributed by atoms with Gasteiger partial charge in [-0.05, 0) is 61.3 Å². The zero-order valence-corrected chi connectivity index (χ0v) is 17.1. The molecule has 1 aliphatic heterocycles. The number of carbonyl (C=O) groups is 2. The number of aryl methyl sites for hydroxylation is 1. The summed E-state index contributed by atoms with van der Waals surface area (Å²) in [4.78, 5) is 27.3. The Morgan fingerprint density at radius 2 is 1.62 bits per heavy atom. The molecule has 2 atom stereocenters.